The Balaban J connectivity index is 1.52. The molecule has 0 fully saturated rings. The van der Waals surface area contributed by atoms with E-state index in [-0.39, 0.29) is 11.3 Å². The molecule has 0 saturated heterocycles. The summed E-state index contributed by atoms with van der Waals surface area (Å²) in [5.74, 6) is -0.228. The first kappa shape index (κ1) is 26.1. The van der Waals surface area contributed by atoms with Gasteiger partial charge in [-0.3, -0.25) is 9.59 Å². The molecule has 5 nitrogen and oxygen atoms in total. The van der Waals surface area contributed by atoms with Crippen LogP contribution in [0, 0.1) is 11.3 Å². The van der Waals surface area contributed by atoms with Crippen molar-refractivity contribution in [2.45, 2.75) is 59.8 Å². The van der Waals surface area contributed by atoms with Gasteiger partial charge in [-0.05, 0) is 60.3 Å². The van der Waals surface area contributed by atoms with Crippen LogP contribution in [-0.2, 0) is 19.3 Å². The average Bonchev–Trinajstić information content (AvgIpc) is 3.25. The molecule has 38 heavy (non-hydrogen) atoms. The van der Waals surface area contributed by atoms with E-state index in [4.69, 9.17) is 10.7 Å². The Morgan fingerprint density at radius 1 is 1.11 bits per heavy atom. The summed E-state index contributed by atoms with van der Waals surface area (Å²) in [6, 6.07) is 17.9. The monoisotopic (exact) mass is 525 g/mol. The van der Waals surface area contributed by atoms with Gasteiger partial charge >= 0.3 is 0 Å². The van der Waals surface area contributed by atoms with Gasteiger partial charge in [0, 0.05) is 15.8 Å². The number of para-hydroxylation sites is 1. The van der Waals surface area contributed by atoms with Crippen LogP contribution in [0.2, 0.25) is 0 Å². The van der Waals surface area contributed by atoms with Crippen molar-refractivity contribution in [3.8, 4) is 11.3 Å². The number of rotatable bonds is 6. The zero-order chi connectivity index (χ0) is 27.0. The predicted molar refractivity (Wildman–Crippen MR) is 157 cm³/mol. The number of nitrogens with one attached hydrogen (secondary N) is 1. The number of benzene rings is 2. The van der Waals surface area contributed by atoms with Crippen LogP contribution in [0.4, 0.5) is 5.00 Å². The maximum Gasteiger partial charge on any atom is 0.257 e. The first-order valence-corrected chi connectivity index (χ1v) is 14.2. The standard InChI is InChI=1S/C32H35N3O2S/c1-5-8-19-11-13-20(14-12-19)26-18-24(22-9-6-7-10-25(22)34-26)30(37)35-31-28(29(33)36)23-16-15-21(32(2,3)4)17-27(23)38-31/h6-7,9-14,18,21H,5,8,15-17H2,1-4H3,(H2,33,36)(H,35,37). The van der Waals surface area contributed by atoms with Crippen LogP contribution in [0.5, 0.6) is 0 Å². The highest BCUT2D eigenvalue weighted by Crippen LogP contribution is 2.44. The molecule has 1 aliphatic rings. The maximum absolute atomic E-state index is 13.8. The topological polar surface area (TPSA) is 85.1 Å². The Bertz CT molecular complexity index is 1510. The Kier molecular flexibility index (Phi) is 7.10. The van der Waals surface area contributed by atoms with Gasteiger partial charge in [0.05, 0.1) is 22.3 Å². The number of primary amides is 1. The summed E-state index contributed by atoms with van der Waals surface area (Å²) in [6.45, 7) is 8.95. The van der Waals surface area contributed by atoms with Crippen molar-refractivity contribution in [2.24, 2.45) is 17.1 Å². The number of carbonyl (C=O) groups is 2. The SMILES string of the molecule is CCCc1ccc(-c2cc(C(=O)Nc3sc4c(c3C(N)=O)CCC(C(C)(C)C)C4)c3ccccc3n2)cc1. The van der Waals surface area contributed by atoms with Crippen LogP contribution in [-0.4, -0.2) is 16.8 Å². The molecule has 0 bridgehead atoms. The fourth-order valence-electron chi connectivity index (χ4n) is 5.49. The second kappa shape index (κ2) is 10.3. The summed E-state index contributed by atoms with van der Waals surface area (Å²) in [7, 11) is 0. The van der Waals surface area contributed by atoms with E-state index < -0.39 is 5.91 Å². The normalized spacial score (nSPS) is 15.3. The lowest BCUT2D eigenvalue weighted by atomic mass is 9.72. The molecule has 3 N–H and O–H groups in total. The highest BCUT2D eigenvalue weighted by atomic mass is 32.1. The van der Waals surface area contributed by atoms with Crippen molar-refractivity contribution in [1.82, 2.24) is 4.98 Å². The van der Waals surface area contributed by atoms with Crippen molar-refractivity contribution >= 4 is 39.1 Å². The first-order chi connectivity index (χ1) is 18.2. The van der Waals surface area contributed by atoms with Crippen molar-refractivity contribution in [3.63, 3.8) is 0 Å². The number of anilines is 1. The molecule has 5 rings (SSSR count). The van der Waals surface area contributed by atoms with Crippen LogP contribution in [0.25, 0.3) is 22.2 Å². The van der Waals surface area contributed by atoms with Gasteiger partial charge in [-0.25, -0.2) is 4.98 Å². The Morgan fingerprint density at radius 3 is 2.53 bits per heavy atom. The molecule has 1 atom stereocenters. The first-order valence-electron chi connectivity index (χ1n) is 13.4. The summed E-state index contributed by atoms with van der Waals surface area (Å²) in [5.41, 5.74) is 11.8. The molecule has 1 unspecified atom stereocenters. The van der Waals surface area contributed by atoms with E-state index in [9.17, 15) is 9.59 Å². The third kappa shape index (κ3) is 5.10. The number of fused-ring (bicyclic) bond motifs is 2. The third-order valence-corrected chi connectivity index (χ3v) is 8.88. The van der Waals surface area contributed by atoms with Crippen LogP contribution in [0.1, 0.15) is 77.3 Å². The van der Waals surface area contributed by atoms with Crippen LogP contribution >= 0.6 is 11.3 Å². The number of hydrogen-bond acceptors (Lipinski definition) is 4. The number of amides is 2. The number of nitrogens with two attached hydrogens (primary N) is 1. The minimum Gasteiger partial charge on any atom is -0.365 e. The second-order valence-corrected chi connectivity index (χ2v) is 12.5. The quantitative estimate of drug-likeness (QED) is 0.275. The smallest absolute Gasteiger partial charge is 0.257 e. The van der Waals surface area contributed by atoms with Crippen LogP contribution < -0.4 is 11.1 Å². The maximum atomic E-state index is 13.8. The van der Waals surface area contributed by atoms with Crippen LogP contribution in [0.3, 0.4) is 0 Å². The summed E-state index contributed by atoms with van der Waals surface area (Å²) in [4.78, 5) is 32.3. The fourth-order valence-corrected chi connectivity index (χ4v) is 6.81. The van der Waals surface area contributed by atoms with Gasteiger partial charge in [-0.15, -0.1) is 11.3 Å². The molecule has 2 aromatic heterocycles. The molecule has 2 amide bonds. The van der Waals surface area contributed by atoms with E-state index in [0.717, 1.165) is 64.7 Å². The summed E-state index contributed by atoms with van der Waals surface area (Å²) in [5, 5.41) is 4.39. The Hall–Kier alpha value is -3.51. The van der Waals surface area contributed by atoms with E-state index in [0.29, 0.717) is 22.0 Å². The molecule has 0 saturated carbocycles. The second-order valence-electron chi connectivity index (χ2n) is 11.4. The number of pyridine rings is 1. The third-order valence-electron chi connectivity index (χ3n) is 7.71. The summed E-state index contributed by atoms with van der Waals surface area (Å²) < 4.78 is 0. The van der Waals surface area contributed by atoms with Crippen molar-refractivity contribution in [2.75, 3.05) is 5.32 Å². The van der Waals surface area contributed by atoms with Gasteiger partial charge in [0.25, 0.3) is 11.8 Å². The molecule has 0 spiro atoms. The molecule has 0 aliphatic heterocycles. The minimum atomic E-state index is -0.487. The van der Waals surface area contributed by atoms with E-state index in [1.807, 2.05) is 30.3 Å². The molecular weight excluding hydrogens is 490 g/mol. The largest absolute Gasteiger partial charge is 0.365 e. The number of thiophene rings is 1. The number of carbonyl (C=O) groups excluding carboxylic acids is 2. The molecule has 6 heteroatoms. The van der Waals surface area contributed by atoms with Gasteiger partial charge in [0.15, 0.2) is 0 Å². The molecule has 0 radical (unpaired) electrons. The van der Waals surface area contributed by atoms with Crippen LogP contribution in [0.15, 0.2) is 54.6 Å². The number of aromatic nitrogens is 1. The zero-order valence-electron chi connectivity index (χ0n) is 22.6. The van der Waals surface area contributed by atoms with Gasteiger partial charge in [-0.2, -0.15) is 0 Å². The van der Waals surface area contributed by atoms with E-state index in [2.05, 4.69) is 57.3 Å². The fraction of sp³-hybridized carbons (Fsp3) is 0.344. The van der Waals surface area contributed by atoms with Crippen molar-refractivity contribution in [1.29, 1.82) is 0 Å². The average molecular weight is 526 g/mol. The number of hydrogen-bond donors (Lipinski definition) is 2. The Morgan fingerprint density at radius 2 is 1.84 bits per heavy atom. The molecule has 1 aliphatic carbocycles. The molecular formula is C32H35N3O2S. The molecule has 196 valence electrons. The lowest BCUT2D eigenvalue weighted by Gasteiger charge is -2.33. The summed E-state index contributed by atoms with van der Waals surface area (Å²) >= 11 is 1.50. The van der Waals surface area contributed by atoms with Gasteiger partial charge in [-0.1, -0.05) is 76.6 Å². The molecule has 2 heterocycles. The Labute approximate surface area is 228 Å². The number of nitrogens with zero attached hydrogens (tertiary/aromatic N) is 1. The minimum absolute atomic E-state index is 0.180. The highest BCUT2D eigenvalue weighted by molar-refractivity contribution is 7.17. The summed E-state index contributed by atoms with van der Waals surface area (Å²) in [6.07, 6.45) is 4.83. The van der Waals surface area contributed by atoms with E-state index >= 15 is 0 Å². The highest BCUT2D eigenvalue weighted by Gasteiger charge is 2.33. The van der Waals surface area contributed by atoms with Crippen molar-refractivity contribution in [3.05, 3.63) is 81.7 Å². The van der Waals surface area contributed by atoms with E-state index in [1.165, 1.54) is 16.9 Å². The molecule has 2 aromatic carbocycles. The number of aryl methyl sites for hydroxylation is 1. The molecule has 4 aromatic rings. The van der Waals surface area contributed by atoms with Crippen molar-refractivity contribution < 1.29 is 9.59 Å². The zero-order valence-corrected chi connectivity index (χ0v) is 23.4. The predicted octanol–water partition coefficient (Wildman–Crippen LogP) is 7.42. The van der Waals surface area contributed by atoms with Gasteiger partial charge in [0.2, 0.25) is 0 Å². The lowest BCUT2D eigenvalue weighted by Crippen LogP contribution is -2.27. The van der Waals surface area contributed by atoms with Gasteiger partial charge < -0.3 is 11.1 Å². The van der Waals surface area contributed by atoms with Gasteiger partial charge in [0.1, 0.15) is 5.00 Å². The lowest BCUT2D eigenvalue weighted by molar-refractivity contribution is 0.1000. The van der Waals surface area contributed by atoms with E-state index in [1.54, 1.807) is 0 Å².